The number of carbonyl (C=O) groups is 1. The minimum Gasteiger partial charge on any atom is -0.383 e. The highest BCUT2D eigenvalue weighted by Gasteiger charge is 2.35. The van der Waals surface area contributed by atoms with E-state index in [2.05, 4.69) is 17.1 Å². The molecule has 4 nitrogen and oxygen atoms in total. The first-order chi connectivity index (χ1) is 12.7. The summed E-state index contributed by atoms with van der Waals surface area (Å²) in [4.78, 5) is 18.0. The lowest BCUT2D eigenvalue weighted by atomic mass is 9.97. The average molecular weight is 369 g/mol. The van der Waals surface area contributed by atoms with Gasteiger partial charge in [0.25, 0.3) is 0 Å². The number of fused-ring (bicyclic) bond motifs is 1. The number of carbonyl (C=O) groups excluding carboxylic acids is 1. The lowest BCUT2D eigenvalue weighted by Crippen LogP contribution is -2.31. The molecule has 0 aliphatic carbocycles. The number of para-hydroxylation sites is 1. The number of aromatic nitrogens is 1. The Balaban J connectivity index is 1.86. The van der Waals surface area contributed by atoms with Crippen LogP contribution in [0.2, 0.25) is 5.02 Å². The maximum atomic E-state index is 12.5. The fraction of sp³-hybridized carbons (Fsp3) is 0.286. The average Bonchev–Trinajstić information content (AvgIpc) is 3.21. The molecule has 4 rings (SSSR count). The van der Waals surface area contributed by atoms with Crippen molar-refractivity contribution in [2.24, 2.45) is 0 Å². The molecule has 3 aromatic rings. The van der Waals surface area contributed by atoms with Crippen molar-refractivity contribution in [3.8, 4) is 11.3 Å². The zero-order chi connectivity index (χ0) is 18.1. The molecule has 1 aromatic heterocycles. The minimum absolute atomic E-state index is 0.0551. The molecule has 1 saturated heterocycles. The van der Waals surface area contributed by atoms with Crippen LogP contribution < -0.4 is 0 Å². The zero-order valence-electron chi connectivity index (χ0n) is 14.7. The van der Waals surface area contributed by atoms with E-state index in [4.69, 9.17) is 16.3 Å². The van der Waals surface area contributed by atoms with Crippen molar-refractivity contribution >= 4 is 28.4 Å². The number of amides is 1. The molecule has 1 atom stereocenters. The molecule has 0 saturated carbocycles. The van der Waals surface area contributed by atoms with Crippen LogP contribution in [0.4, 0.5) is 0 Å². The van der Waals surface area contributed by atoms with E-state index in [1.165, 1.54) is 10.9 Å². The van der Waals surface area contributed by atoms with E-state index in [1.54, 1.807) is 7.11 Å². The van der Waals surface area contributed by atoms with Gasteiger partial charge in [-0.05, 0) is 30.2 Å². The number of aromatic amines is 1. The van der Waals surface area contributed by atoms with Gasteiger partial charge in [0, 0.05) is 41.6 Å². The van der Waals surface area contributed by atoms with Crippen LogP contribution in [0, 0.1) is 0 Å². The normalized spacial score (nSPS) is 17.4. The number of halogens is 1. The number of nitrogens with one attached hydrogen (secondary N) is 1. The molecule has 1 aliphatic rings. The van der Waals surface area contributed by atoms with Crippen molar-refractivity contribution in [1.29, 1.82) is 0 Å². The number of nitrogens with zero attached hydrogens (tertiary/aromatic N) is 1. The molecule has 1 aliphatic heterocycles. The van der Waals surface area contributed by atoms with Crippen molar-refractivity contribution in [3.05, 3.63) is 59.1 Å². The van der Waals surface area contributed by atoms with Crippen molar-refractivity contribution in [1.82, 2.24) is 9.88 Å². The van der Waals surface area contributed by atoms with Gasteiger partial charge in [-0.2, -0.15) is 0 Å². The number of hydrogen-bond acceptors (Lipinski definition) is 2. The molecule has 2 heterocycles. The zero-order valence-corrected chi connectivity index (χ0v) is 15.4. The van der Waals surface area contributed by atoms with Crippen LogP contribution in [0.5, 0.6) is 0 Å². The maximum absolute atomic E-state index is 12.5. The first-order valence-corrected chi connectivity index (χ1v) is 9.22. The van der Waals surface area contributed by atoms with Crippen LogP contribution in [-0.2, 0) is 9.53 Å². The molecular weight excluding hydrogens is 348 g/mol. The van der Waals surface area contributed by atoms with Crippen LogP contribution in [0.1, 0.15) is 24.4 Å². The highest BCUT2D eigenvalue weighted by atomic mass is 35.5. The Morgan fingerprint density at radius 1 is 1.19 bits per heavy atom. The number of methoxy groups -OCH3 is 1. The van der Waals surface area contributed by atoms with E-state index in [-0.39, 0.29) is 11.9 Å². The Hall–Kier alpha value is -2.30. The smallest absolute Gasteiger partial charge is 0.223 e. The van der Waals surface area contributed by atoms with Gasteiger partial charge in [-0.25, -0.2) is 0 Å². The third-order valence-corrected chi connectivity index (χ3v) is 5.33. The van der Waals surface area contributed by atoms with E-state index in [0.717, 1.165) is 23.2 Å². The van der Waals surface area contributed by atoms with E-state index in [9.17, 15) is 4.79 Å². The minimum atomic E-state index is 0.0551. The van der Waals surface area contributed by atoms with Crippen LogP contribution in [0.25, 0.3) is 22.2 Å². The standard InChI is InChI=1S/C21H21ClN2O2/c1-26-13-12-24-18(10-11-19(24)25)20-16-4-2-3-5-17(16)23-21(20)14-6-8-15(22)9-7-14/h2-9,18,23H,10-13H2,1H3. The second kappa shape index (κ2) is 7.14. The monoisotopic (exact) mass is 368 g/mol. The van der Waals surface area contributed by atoms with E-state index >= 15 is 0 Å². The molecule has 0 spiro atoms. The summed E-state index contributed by atoms with van der Waals surface area (Å²) in [5.41, 5.74) is 4.40. The SMILES string of the molecule is COCCN1C(=O)CCC1c1c(-c2ccc(Cl)cc2)[nH]c2ccccc12. The number of benzene rings is 2. The summed E-state index contributed by atoms with van der Waals surface area (Å²) in [6.45, 7) is 1.15. The fourth-order valence-corrected chi connectivity index (χ4v) is 3.98. The van der Waals surface area contributed by atoms with Crippen molar-refractivity contribution < 1.29 is 9.53 Å². The Morgan fingerprint density at radius 2 is 1.96 bits per heavy atom. The Labute approximate surface area is 157 Å². The van der Waals surface area contributed by atoms with Gasteiger partial charge in [-0.3, -0.25) is 4.79 Å². The van der Waals surface area contributed by atoms with E-state index in [1.807, 2.05) is 41.3 Å². The summed E-state index contributed by atoms with van der Waals surface area (Å²) in [6, 6.07) is 16.2. The van der Waals surface area contributed by atoms with Gasteiger partial charge in [0.15, 0.2) is 0 Å². The number of ether oxygens (including phenoxy) is 1. The highest BCUT2D eigenvalue weighted by molar-refractivity contribution is 6.30. The summed E-state index contributed by atoms with van der Waals surface area (Å²) in [7, 11) is 1.67. The molecule has 2 aromatic carbocycles. The molecule has 26 heavy (non-hydrogen) atoms. The summed E-state index contributed by atoms with van der Waals surface area (Å²) >= 11 is 6.07. The fourth-order valence-electron chi connectivity index (χ4n) is 3.86. The molecular formula is C21H21ClN2O2. The maximum Gasteiger partial charge on any atom is 0.223 e. The first kappa shape index (κ1) is 17.1. The van der Waals surface area contributed by atoms with Crippen LogP contribution in [0.15, 0.2) is 48.5 Å². The first-order valence-electron chi connectivity index (χ1n) is 8.84. The Morgan fingerprint density at radius 3 is 2.73 bits per heavy atom. The van der Waals surface area contributed by atoms with Crippen molar-refractivity contribution in [2.45, 2.75) is 18.9 Å². The summed E-state index contributed by atoms with van der Waals surface area (Å²) in [5.74, 6) is 0.194. The molecule has 134 valence electrons. The summed E-state index contributed by atoms with van der Waals surface area (Å²) in [5, 5.41) is 1.88. The lowest BCUT2D eigenvalue weighted by Gasteiger charge is -2.25. The Kier molecular flexibility index (Phi) is 4.70. The van der Waals surface area contributed by atoms with E-state index < -0.39 is 0 Å². The van der Waals surface area contributed by atoms with Gasteiger partial charge in [0.05, 0.1) is 18.3 Å². The molecule has 0 radical (unpaired) electrons. The quantitative estimate of drug-likeness (QED) is 0.703. The van der Waals surface area contributed by atoms with Crippen LogP contribution >= 0.6 is 11.6 Å². The Bertz CT molecular complexity index is 933. The predicted octanol–water partition coefficient (Wildman–Crippen LogP) is 4.80. The van der Waals surface area contributed by atoms with Gasteiger partial charge in [-0.1, -0.05) is 41.9 Å². The third kappa shape index (κ3) is 3.00. The molecule has 1 amide bonds. The summed E-state index contributed by atoms with van der Waals surface area (Å²) < 4.78 is 5.22. The second-order valence-electron chi connectivity index (χ2n) is 6.60. The molecule has 0 bridgehead atoms. The van der Waals surface area contributed by atoms with Gasteiger partial charge >= 0.3 is 0 Å². The highest BCUT2D eigenvalue weighted by Crippen LogP contribution is 2.42. The molecule has 1 N–H and O–H groups in total. The molecule has 1 fully saturated rings. The van der Waals surface area contributed by atoms with Crippen molar-refractivity contribution in [3.63, 3.8) is 0 Å². The van der Waals surface area contributed by atoms with Gasteiger partial charge in [0.2, 0.25) is 5.91 Å². The van der Waals surface area contributed by atoms with Gasteiger partial charge in [-0.15, -0.1) is 0 Å². The predicted molar refractivity (Wildman–Crippen MR) is 104 cm³/mol. The largest absolute Gasteiger partial charge is 0.383 e. The number of hydrogen-bond donors (Lipinski definition) is 1. The van der Waals surface area contributed by atoms with Crippen LogP contribution in [0.3, 0.4) is 0 Å². The van der Waals surface area contributed by atoms with Crippen LogP contribution in [-0.4, -0.2) is 36.1 Å². The topological polar surface area (TPSA) is 45.3 Å². The van der Waals surface area contributed by atoms with Crippen molar-refractivity contribution in [2.75, 3.05) is 20.3 Å². The molecule has 1 unspecified atom stereocenters. The van der Waals surface area contributed by atoms with E-state index in [0.29, 0.717) is 24.6 Å². The number of rotatable bonds is 5. The lowest BCUT2D eigenvalue weighted by molar-refractivity contribution is -0.129. The number of H-pyrrole nitrogens is 1. The second-order valence-corrected chi connectivity index (χ2v) is 7.04. The number of likely N-dealkylation sites (tertiary alicyclic amines) is 1. The third-order valence-electron chi connectivity index (χ3n) is 5.08. The molecule has 5 heteroatoms. The van der Waals surface area contributed by atoms with Gasteiger partial charge in [0.1, 0.15) is 0 Å². The van der Waals surface area contributed by atoms with Gasteiger partial charge < -0.3 is 14.6 Å². The summed E-state index contributed by atoms with van der Waals surface area (Å²) in [6.07, 6.45) is 1.40.